The summed E-state index contributed by atoms with van der Waals surface area (Å²) in [5.74, 6) is 0.595. The number of aromatic nitrogens is 3. The van der Waals surface area contributed by atoms with Crippen molar-refractivity contribution >= 4 is 17.5 Å². The maximum absolute atomic E-state index is 6.20. The summed E-state index contributed by atoms with van der Waals surface area (Å²) in [6.07, 6.45) is 9.39. The van der Waals surface area contributed by atoms with Gasteiger partial charge < -0.3 is 11.1 Å². The maximum atomic E-state index is 6.20. The van der Waals surface area contributed by atoms with E-state index >= 15 is 0 Å². The lowest BCUT2D eigenvalue weighted by molar-refractivity contribution is 0.408. The summed E-state index contributed by atoms with van der Waals surface area (Å²) in [7, 11) is 0. The number of nitrogens with two attached hydrogens (primary N) is 1. The van der Waals surface area contributed by atoms with Crippen LogP contribution in [0.4, 0.5) is 5.95 Å². The molecule has 2 aromatic heterocycles. The van der Waals surface area contributed by atoms with E-state index in [1.807, 2.05) is 12.1 Å². The monoisotopic (exact) mass is 303 g/mol. The van der Waals surface area contributed by atoms with Crippen molar-refractivity contribution in [3.05, 3.63) is 35.7 Å². The molecule has 5 nitrogen and oxygen atoms in total. The van der Waals surface area contributed by atoms with Gasteiger partial charge in [0.2, 0.25) is 5.95 Å². The average Bonchev–Trinajstić information content (AvgIpc) is 2.50. The molecule has 21 heavy (non-hydrogen) atoms. The predicted octanol–water partition coefficient (Wildman–Crippen LogP) is 2.87. The molecule has 0 spiro atoms. The van der Waals surface area contributed by atoms with E-state index in [2.05, 4.69) is 20.3 Å². The highest BCUT2D eigenvalue weighted by Gasteiger charge is 2.20. The fourth-order valence-corrected chi connectivity index (χ4v) is 2.88. The summed E-state index contributed by atoms with van der Waals surface area (Å²) < 4.78 is 0. The summed E-state index contributed by atoms with van der Waals surface area (Å²) >= 11 is 6.20. The Kier molecular flexibility index (Phi) is 4.31. The van der Waals surface area contributed by atoms with Crippen molar-refractivity contribution in [2.45, 2.75) is 37.8 Å². The van der Waals surface area contributed by atoms with Crippen molar-refractivity contribution < 1.29 is 0 Å². The van der Waals surface area contributed by atoms with Gasteiger partial charge in [0.1, 0.15) is 0 Å². The standard InChI is InChI=1S/C15H18ClN5/c16-13-9-19-15(20-12-5-1-4-11(17)7-12)21-14(13)10-3-2-6-18-8-10/h2-3,6,8-9,11-12H,1,4-5,7,17H2,(H,19,20,21)/t11-,12+/m0/s1. The third kappa shape index (κ3) is 3.49. The largest absolute Gasteiger partial charge is 0.351 e. The number of nitrogens with one attached hydrogen (secondary N) is 1. The second-order valence-corrected chi connectivity index (χ2v) is 5.81. The van der Waals surface area contributed by atoms with Gasteiger partial charge in [0.25, 0.3) is 0 Å². The van der Waals surface area contributed by atoms with Crippen molar-refractivity contribution in [2.24, 2.45) is 5.73 Å². The molecule has 3 N–H and O–H groups in total. The number of nitrogens with zero attached hydrogens (tertiary/aromatic N) is 3. The maximum Gasteiger partial charge on any atom is 0.223 e. The second-order valence-electron chi connectivity index (χ2n) is 5.40. The Hall–Kier alpha value is -1.72. The number of hydrogen-bond acceptors (Lipinski definition) is 5. The quantitative estimate of drug-likeness (QED) is 0.911. The zero-order chi connectivity index (χ0) is 14.7. The smallest absolute Gasteiger partial charge is 0.223 e. The minimum absolute atomic E-state index is 0.265. The predicted molar refractivity (Wildman–Crippen MR) is 84.1 cm³/mol. The van der Waals surface area contributed by atoms with Crippen LogP contribution in [-0.2, 0) is 0 Å². The average molecular weight is 304 g/mol. The fraction of sp³-hybridized carbons (Fsp3) is 0.400. The van der Waals surface area contributed by atoms with Crippen LogP contribution in [0.15, 0.2) is 30.7 Å². The minimum atomic E-state index is 0.265. The van der Waals surface area contributed by atoms with E-state index in [9.17, 15) is 0 Å². The Morgan fingerprint density at radius 1 is 1.29 bits per heavy atom. The molecule has 0 radical (unpaired) electrons. The summed E-state index contributed by atoms with van der Waals surface area (Å²) in [5.41, 5.74) is 7.59. The molecule has 0 aromatic carbocycles. The van der Waals surface area contributed by atoms with Crippen LogP contribution < -0.4 is 11.1 Å². The Balaban J connectivity index is 1.81. The first-order valence-electron chi connectivity index (χ1n) is 7.17. The molecule has 110 valence electrons. The topological polar surface area (TPSA) is 76.7 Å². The first kappa shape index (κ1) is 14.2. The molecule has 2 aromatic rings. The molecule has 0 saturated heterocycles. The van der Waals surface area contributed by atoms with Crippen LogP contribution in [0.25, 0.3) is 11.3 Å². The highest BCUT2D eigenvalue weighted by molar-refractivity contribution is 6.32. The zero-order valence-electron chi connectivity index (χ0n) is 11.7. The lowest BCUT2D eigenvalue weighted by Gasteiger charge is -2.27. The van der Waals surface area contributed by atoms with Crippen molar-refractivity contribution in [1.29, 1.82) is 0 Å². The van der Waals surface area contributed by atoms with Gasteiger partial charge in [-0.15, -0.1) is 0 Å². The molecule has 0 bridgehead atoms. The van der Waals surface area contributed by atoms with E-state index in [0.29, 0.717) is 22.7 Å². The molecular weight excluding hydrogens is 286 g/mol. The van der Waals surface area contributed by atoms with Crippen LogP contribution in [0.5, 0.6) is 0 Å². The third-order valence-electron chi connectivity index (χ3n) is 3.73. The summed E-state index contributed by atoms with van der Waals surface area (Å²) in [4.78, 5) is 12.9. The Morgan fingerprint density at radius 2 is 2.19 bits per heavy atom. The van der Waals surface area contributed by atoms with Crippen LogP contribution in [0, 0.1) is 0 Å². The van der Waals surface area contributed by atoms with Crippen molar-refractivity contribution in [3.63, 3.8) is 0 Å². The first-order valence-corrected chi connectivity index (χ1v) is 7.55. The van der Waals surface area contributed by atoms with Gasteiger partial charge in [-0.25, -0.2) is 9.97 Å². The van der Waals surface area contributed by atoms with Gasteiger partial charge in [-0.2, -0.15) is 0 Å². The highest BCUT2D eigenvalue weighted by Crippen LogP contribution is 2.26. The summed E-state index contributed by atoms with van der Waals surface area (Å²) in [5, 5.41) is 3.89. The van der Waals surface area contributed by atoms with Gasteiger partial charge in [-0.1, -0.05) is 11.6 Å². The molecule has 1 saturated carbocycles. The number of hydrogen-bond donors (Lipinski definition) is 2. The normalized spacial score (nSPS) is 22.0. The number of anilines is 1. The number of pyridine rings is 1. The number of rotatable bonds is 3. The van der Waals surface area contributed by atoms with Gasteiger partial charge >= 0.3 is 0 Å². The van der Waals surface area contributed by atoms with E-state index in [0.717, 1.165) is 31.2 Å². The van der Waals surface area contributed by atoms with Gasteiger partial charge in [0, 0.05) is 30.0 Å². The van der Waals surface area contributed by atoms with Crippen LogP contribution in [0.2, 0.25) is 5.02 Å². The van der Waals surface area contributed by atoms with Gasteiger partial charge in [0.05, 0.1) is 16.9 Å². The van der Waals surface area contributed by atoms with Crippen molar-refractivity contribution in [3.8, 4) is 11.3 Å². The molecule has 1 fully saturated rings. The van der Waals surface area contributed by atoms with Gasteiger partial charge in [-0.3, -0.25) is 4.98 Å². The van der Waals surface area contributed by atoms with Gasteiger partial charge in [0.15, 0.2) is 0 Å². The molecule has 3 rings (SSSR count). The third-order valence-corrected chi connectivity index (χ3v) is 4.00. The Morgan fingerprint density at radius 3 is 2.95 bits per heavy atom. The van der Waals surface area contributed by atoms with Crippen LogP contribution in [-0.4, -0.2) is 27.0 Å². The molecule has 0 aliphatic heterocycles. The van der Waals surface area contributed by atoms with Crippen LogP contribution in [0.3, 0.4) is 0 Å². The van der Waals surface area contributed by atoms with Crippen LogP contribution in [0.1, 0.15) is 25.7 Å². The molecule has 6 heteroatoms. The van der Waals surface area contributed by atoms with E-state index in [1.54, 1.807) is 18.6 Å². The first-order chi connectivity index (χ1) is 10.2. The molecular formula is C15H18ClN5. The SMILES string of the molecule is N[C@H]1CCC[C@@H](Nc2ncc(Cl)c(-c3cccnc3)n2)C1. The van der Waals surface area contributed by atoms with Crippen molar-refractivity contribution in [2.75, 3.05) is 5.32 Å². The van der Waals surface area contributed by atoms with E-state index in [4.69, 9.17) is 17.3 Å². The second kappa shape index (κ2) is 6.37. The summed E-state index contributed by atoms with van der Waals surface area (Å²) in [6, 6.07) is 4.39. The lowest BCUT2D eigenvalue weighted by atomic mass is 9.92. The molecule has 0 amide bonds. The Bertz CT molecular complexity index is 604. The zero-order valence-corrected chi connectivity index (χ0v) is 12.4. The van der Waals surface area contributed by atoms with Crippen LogP contribution >= 0.6 is 11.6 Å². The Labute approximate surface area is 129 Å². The molecule has 1 aliphatic rings. The summed E-state index contributed by atoms with van der Waals surface area (Å²) in [6.45, 7) is 0. The molecule has 2 heterocycles. The number of halogens is 1. The van der Waals surface area contributed by atoms with Gasteiger partial charge in [-0.05, 0) is 37.8 Å². The minimum Gasteiger partial charge on any atom is -0.351 e. The lowest BCUT2D eigenvalue weighted by Crippen LogP contribution is -2.35. The van der Waals surface area contributed by atoms with E-state index in [1.165, 1.54) is 0 Å². The van der Waals surface area contributed by atoms with Crippen molar-refractivity contribution in [1.82, 2.24) is 15.0 Å². The molecule has 0 unspecified atom stereocenters. The highest BCUT2D eigenvalue weighted by atomic mass is 35.5. The van der Waals surface area contributed by atoms with E-state index in [-0.39, 0.29) is 6.04 Å². The fourth-order valence-electron chi connectivity index (χ4n) is 2.68. The molecule has 1 aliphatic carbocycles. The van der Waals surface area contributed by atoms with E-state index < -0.39 is 0 Å². The molecule has 2 atom stereocenters.